The SMILES string of the molecule is CCSC(SCC)[C@H](OCc1ccccc1)[C@H](C=O)OCc1ccccc1. The van der Waals surface area contributed by atoms with Crippen molar-refractivity contribution < 1.29 is 14.3 Å². The number of ether oxygens (including phenoxy) is 2. The zero-order valence-corrected chi connectivity index (χ0v) is 17.6. The third-order valence-electron chi connectivity index (χ3n) is 3.96. The van der Waals surface area contributed by atoms with Gasteiger partial charge in [0.1, 0.15) is 12.2 Å². The van der Waals surface area contributed by atoms with Crippen LogP contribution in [-0.4, -0.2) is 34.6 Å². The van der Waals surface area contributed by atoms with Crippen LogP contribution in [0.1, 0.15) is 25.0 Å². The second kappa shape index (κ2) is 13.0. The molecule has 2 rings (SSSR count). The molecule has 0 aliphatic heterocycles. The van der Waals surface area contributed by atoms with Crippen LogP contribution in [0.5, 0.6) is 0 Å². The van der Waals surface area contributed by atoms with Crippen molar-refractivity contribution in [2.45, 2.75) is 43.9 Å². The van der Waals surface area contributed by atoms with Crippen LogP contribution in [0.25, 0.3) is 0 Å². The normalized spacial score (nSPS) is 13.4. The summed E-state index contributed by atoms with van der Waals surface area (Å²) in [7, 11) is 0. The lowest BCUT2D eigenvalue weighted by Crippen LogP contribution is -2.39. The topological polar surface area (TPSA) is 35.5 Å². The van der Waals surface area contributed by atoms with Crippen LogP contribution in [0.15, 0.2) is 60.7 Å². The Kier molecular flexibility index (Phi) is 10.6. The van der Waals surface area contributed by atoms with Crippen LogP contribution in [0.3, 0.4) is 0 Å². The molecule has 0 aromatic heterocycles. The van der Waals surface area contributed by atoms with E-state index in [-0.39, 0.29) is 10.7 Å². The Labute approximate surface area is 171 Å². The van der Waals surface area contributed by atoms with Crippen molar-refractivity contribution in [2.24, 2.45) is 0 Å². The summed E-state index contributed by atoms with van der Waals surface area (Å²) in [5.41, 5.74) is 2.14. The summed E-state index contributed by atoms with van der Waals surface area (Å²) in [5, 5.41) is 0. The molecule has 0 N–H and O–H groups in total. The van der Waals surface area contributed by atoms with Crippen LogP contribution in [0.4, 0.5) is 0 Å². The number of aldehydes is 1. The molecule has 0 fully saturated rings. The lowest BCUT2D eigenvalue weighted by molar-refractivity contribution is -0.131. The summed E-state index contributed by atoms with van der Waals surface area (Å²) in [6, 6.07) is 20.0. The summed E-state index contributed by atoms with van der Waals surface area (Å²) in [4.78, 5) is 11.9. The van der Waals surface area contributed by atoms with Crippen LogP contribution < -0.4 is 0 Å². The van der Waals surface area contributed by atoms with Crippen LogP contribution in [-0.2, 0) is 27.5 Å². The van der Waals surface area contributed by atoms with Crippen LogP contribution >= 0.6 is 23.5 Å². The molecule has 0 unspecified atom stereocenters. The molecule has 0 saturated heterocycles. The Morgan fingerprint density at radius 3 is 1.74 bits per heavy atom. The molecule has 0 spiro atoms. The second-order valence-corrected chi connectivity index (χ2v) is 9.07. The fraction of sp³-hybridized carbons (Fsp3) is 0.409. The number of hydrogen-bond acceptors (Lipinski definition) is 5. The van der Waals surface area contributed by atoms with E-state index in [2.05, 4.69) is 13.8 Å². The molecule has 27 heavy (non-hydrogen) atoms. The number of rotatable bonds is 13. The van der Waals surface area contributed by atoms with E-state index in [1.807, 2.05) is 84.2 Å². The van der Waals surface area contributed by atoms with Gasteiger partial charge in [-0.05, 0) is 22.6 Å². The molecule has 146 valence electrons. The van der Waals surface area contributed by atoms with E-state index in [0.29, 0.717) is 13.2 Å². The minimum Gasteiger partial charge on any atom is -0.368 e. The van der Waals surface area contributed by atoms with Crippen LogP contribution in [0.2, 0.25) is 0 Å². The standard InChI is InChI=1S/C22H28O3S2/c1-3-26-22(27-4-2)21(25-17-19-13-9-6-10-14-19)20(15-23)24-16-18-11-7-5-8-12-18/h5-15,20-22H,3-4,16-17H2,1-2H3/t20-,21+/m0/s1. The summed E-state index contributed by atoms with van der Waals surface area (Å²) in [5.74, 6) is 1.93. The highest BCUT2D eigenvalue weighted by atomic mass is 32.2. The molecule has 0 bridgehead atoms. The number of carbonyl (C=O) groups is 1. The van der Waals surface area contributed by atoms with E-state index in [4.69, 9.17) is 9.47 Å². The molecular formula is C22H28O3S2. The van der Waals surface area contributed by atoms with Crippen LogP contribution in [0, 0.1) is 0 Å². The smallest absolute Gasteiger partial charge is 0.151 e. The van der Waals surface area contributed by atoms with Crippen molar-refractivity contribution in [3.8, 4) is 0 Å². The highest BCUT2D eigenvalue weighted by molar-refractivity contribution is 8.17. The first-order valence-electron chi connectivity index (χ1n) is 9.28. The van der Waals surface area contributed by atoms with Crippen molar-refractivity contribution in [3.63, 3.8) is 0 Å². The Hall–Kier alpha value is -1.27. The minimum atomic E-state index is -0.600. The molecule has 0 amide bonds. The first kappa shape index (κ1) is 22.0. The van der Waals surface area contributed by atoms with Gasteiger partial charge in [0.15, 0.2) is 6.29 Å². The number of carbonyl (C=O) groups excluding carboxylic acids is 1. The lowest BCUT2D eigenvalue weighted by atomic mass is 10.2. The van der Waals surface area contributed by atoms with Gasteiger partial charge < -0.3 is 14.3 Å². The van der Waals surface area contributed by atoms with Gasteiger partial charge >= 0.3 is 0 Å². The average Bonchev–Trinajstić information content (AvgIpc) is 2.72. The Morgan fingerprint density at radius 1 is 0.815 bits per heavy atom. The summed E-state index contributed by atoms with van der Waals surface area (Å²) < 4.78 is 12.4. The van der Waals surface area contributed by atoms with Crippen molar-refractivity contribution in [1.82, 2.24) is 0 Å². The van der Waals surface area contributed by atoms with Gasteiger partial charge in [0.25, 0.3) is 0 Å². The number of benzene rings is 2. The predicted molar refractivity (Wildman–Crippen MR) is 116 cm³/mol. The number of hydrogen-bond donors (Lipinski definition) is 0. The maximum absolute atomic E-state index is 11.9. The fourth-order valence-electron chi connectivity index (χ4n) is 2.64. The molecule has 3 nitrogen and oxygen atoms in total. The molecule has 0 saturated carbocycles. The van der Waals surface area contributed by atoms with Crippen molar-refractivity contribution >= 4 is 29.8 Å². The largest absolute Gasteiger partial charge is 0.368 e. The van der Waals surface area contributed by atoms with E-state index in [0.717, 1.165) is 28.9 Å². The summed E-state index contributed by atoms with van der Waals surface area (Å²) in [6.45, 7) is 5.12. The third kappa shape index (κ3) is 7.70. The lowest BCUT2D eigenvalue weighted by Gasteiger charge is -2.30. The van der Waals surface area contributed by atoms with E-state index in [9.17, 15) is 4.79 Å². The molecule has 0 heterocycles. The van der Waals surface area contributed by atoms with Gasteiger partial charge in [0.2, 0.25) is 0 Å². The monoisotopic (exact) mass is 404 g/mol. The molecule has 5 heteroatoms. The minimum absolute atomic E-state index is 0.148. The highest BCUT2D eigenvalue weighted by Crippen LogP contribution is 2.31. The Balaban J connectivity index is 2.09. The summed E-state index contributed by atoms with van der Waals surface area (Å²) >= 11 is 3.62. The molecule has 0 radical (unpaired) electrons. The van der Waals surface area contributed by atoms with Gasteiger partial charge in [0.05, 0.1) is 17.8 Å². The third-order valence-corrected chi connectivity index (χ3v) is 6.64. The van der Waals surface area contributed by atoms with Crippen molar-refractivity contribution in [1.29, 1.82) is 0 Å². The maximum atomic E-state index is 11.9. The molecule has 0 aliphatic carbocycles. The van der Waals surface area contributed by atoms with Gasteiger partial charge in [-0.25, -0.2) is 0 Å². The molecule has 0 aliphatic rings. The van der Waals surface area contributed by atoms with Gasteiger partial charge in [-0.1, -0.05) is 74.5 Å². The van der Waals surface area contributed by atoms with Gasteiger partial charge in [-0.3, -0.25) is 0 Å². The van der Waals surface area contributed by atoms with Crippen molar-refractivity contribution in [2.75, 3.05) is 11.5 Å². The molecule has 2 aromatic rings. The van der Waals surface area contributed by atoms with E-state index in [1.54, 1.807) is 0 Å². The quantitative estimate of drug-likeness (QED) is 0.339. The van der Waals surface area contributed by atoms with Gasteiger partial charge in [0, 0.05) is 0 Å². The van der Waals surface area contributed by atoms with E-state index >= 15 is 0 Å². The number of thioether (sulfide) groups is 2. The zero-order chi connectivity index (χ0) is 19.3. The van der Waals surface area contributed by atoms with Gasteiger partial charge in [-0.2, -0.15) is 0 Å². The zero-order valence-electron chi connectivity index (χ0n) is 16.0. The maximum Gasteiger partial charge on any atom is 0.151 e. The van der Waals surface area contributed by atoms with E-state index in [1.165, 1.54) is 0 Å². The molecule has 2 atom stereocenters. The first-order chi connectivity index (χ1) is 13.3. The fourth-order valence-corrected chi connectivity index (χ4v) is 5.34. The van der Waals surface area contributed by atoms with E-state index < -0.39 is 6.10 Å². The first-order valence-corrected chi connectivity index (χ1v) is 11.4. The molecular weight excluding hydrogens is 376 g/mol. The second-order valence-electron chi connectivity index (χ2n) is 5.94. The predicted octanol–water partition coefficient (Wildman–Crippen LogP) is 5.19. The average molecular weight is 405 g/mol. The van der Waals surface area contributed by atoms with Crippen molar-refractivity contribution in [3.05, 3.63) is 71.8 Å². The summed E-state index contributed by atoms with van der Waals surface area (Å²) in [6.07, 6.45) is -0.0174. The molecule has 2 aromatic carbocycles. The highest BCUT2D eigenvalue weighted by Gasteiger charge is 2.31. The Morgan fingerprint density at radius 2 is 1.30 bits per heavy atom. The van der Waals surface area contributed by atoms with Gasteiger partial charge in [-0.15, -0.1) is 23.5 Å². The Bertz CT molecular complexity index is 631.